The Hall–Kier alpha value is -1.88. The third-order valence-corrected chi connectivity index (χ3v) is 2.30. The SMILES string of the molecule is C=C(CNCCC)COc1ccccc1[N+](=O)[O-]. The molecule has 0 aromatic heterocycles. The number of nitrogens with one attached hydrogen (secondary N) is 1. The second-order valence-electron chi connectivity index (χ2n) is 3.94. The normalized spacial score (nSPS) is 10.1. The zero-order valence-corrected chi connectivity index (χ0v) is 10.5. The van der Waals surface area contributed by atoms with Crippen LogP contribution in [0.25, 0.3) is 0 Å². The van der Waals surface area contributed by atoms with Crippen LogP contribution in [0, 0.1) is 10.1 Å². The minimum atomic E-state index is -0.451. The topological polar surface area (TPSA) is 64.4 Å². The Morgan fingerprint density at radius 2 is 2.22 bits per heavy atom. The van der Waals surface area contributed by atoms with Gasteiger partial charge in [0.05, 0.1) is 4.92 Å². The van der Waals surface area contributed by atoms with Crippen molar-refractivity contribution in [3.05, 3.63) is 46.5 Å². The van der Waals surface area contributed by atoms with Crippen molar-refractivity contribution in [1.82, 2.24) is 5.32 Å². The van der Waals surface area contributed by atoms with Crippen LogP contribution in [0.3, 0.4) is 0 Å². The van der Waals surface area contributed by atoms with Crippen molar-refractivity contribution < 1.29 is 9.66 Å². The highest BCUT2D eigenvalue weighted by Crippen LogP contribution is 2.25. The molecule has 1 N–H and O–H groups in total. The molecular formula is C13H18N2O3. The van der Waals surface area contributed by atoms with Gasteiger partial charge in [-0.2, -0.15) is 0 Å². The Kier molecular flexibility index (Phi) is 5.87. The van der Waals surface area contributed by atoms with Crippen LogP contribution >= 0.6 is 0 Å². The Morgan fingerprint density at radius 3 is 2.89 bits per heavy atom. The van der Waals surface area contributed by atoms with Gasteiger partial charge in [0.25, 0.3) is 0 Å². The van der Waals surface area contributed by atoms with E-state index in [1.807, 2.05) is 0 Å². The Labute approximate surface area is 107 Å². The molecule has 1 aromatic carbocycles. The Morgan fingerprint density at radius 1 is 1.50 bits per heavy atom. The third-order valence-electron chi connectivity index (χ3n) is 2.30. The van der Waals surface area contributed by atoms with E-state index in [-0.39, 0.29) is 18.0 Å². The quantitative estimate of drug-likeness (QED) is 0.333. The summed E-state index contributed by atoms with van der Waals surface area (Å²) in [4.78, 5) is 10.3. The molecule has 0 aliphatic heterocycles. The molecule has 0 saturated carbocycles. The van der Waals surface area contributed by atoms with Crippen LogP contribution in [0.1, 0.15) is 13.3 Å². The van der Waals surface area contributed by atoms with Crippen molar-refractivity contribution >= 4 is 5.69 Å². The Bertz CT molecular complexity index is 418. The molecule has 5 heteroatoms. The number of hydrogen-bond donors (Lipinski definition) is 1. The summed E-state index contributed by atoms with van der Waals surface area (Å²) in [5.74, 6) is 0.277. The zero-order valence-electron chi connectivity index (χ0n) is 10.5. The monoisotopic (exact) mass is 250 g/mol. The summed E-state index contributed by atoms with van der Waals surface area (Å²) in [5, 5.41) is 14.0. The lowest BCUT2D eigenvalue weighted by molar-refractivity contribution is -0.385. The zero-order chi connectivity index (χ0) is 13.4. The highest BCUT2D eigenvalue weighted by molar-refractivity contribution is 5.45. The summed E-state index contributed by atoms with van der Waals surface area (Å²) in [5.41, 5.74) is 0.841. The predicted molar refractivity (Wildman–Crippen MR) is 70.9 cm³/mol. The first-order valence-corrected chi connectivity index (χ1v) is 5.88. The van der Waals surface area contributed by atoms with Gasteiger partial charge in [-0.25, -0.2) is 0 Å². The van der Waals surface area contributed by atoms with Gasteiger partial charge in [0.1, 0.15) is 6.61 Å². The number of nitrogens with zero attached hydrogens (tertiary/aromatic N) is 1. The molecule has 0 saturated heterocycles. The summed E-state index contributed by atoms with van der Waals surface area (Å²) < 4.78 is 5.41. The van der Waals surface area contributed by atoms with E-state index >= 15 is 0 Å². The van der Waals surface area contributed by atoms with Crippen molar-refractivity contribution in [2.45, 2.75) is 13.3 Å². The fourth-order valence-electron chi connectivity index (χ4n) is 1.40. The second kappa shape index (κ2) is 7.45. The summed E-state index contributed by atoms with van der Waals surface area (Å²) in [6.45, 7) is 7.80. The lowest BCUT2D eigenvalue weighted by Gasteiger charge is -2.09. The van der Waals surface area contributed by atoms with E-state index in [4.69, 9.17) is 4.74 Å². The highest BCUT2D eigenvalue weighted by Gasteiger charge is 2.13. The summed E-state index contributed by atoms with van der Waals surface area (Å²) in [6.07, 6.45) is 1.05. The van der Waals surface area contributed by atoms with Gasteiger partial charge in [-0.05, 0) is 24.6 Å². The number of ether oxygens (including phenoxy) is 1. The first-order chi connectivity index (χ1) is 8.65. The minimum absolute atomic E-state index is 0.0215. The molecule has 0 unspecified atom stereocenters. The van der Waals surface area contributed by atoms with Crippen molar-refractivity contribution in [3.8, 4) is 5.75 Å². The van der Waals surface area contributed by atoms with Crippen LogP contribution in [0.4, 0.5) is 5.69 Å². The van der Waals surface area contributed by atoms with Gasteiger partial charge in [-0.15, -0.1) is 0 Å². The van der Waals surface area contributed by atoms with Crippen molar-refractivity contribution in [3.63, 3.8) is 0 Å². The lowest BCUT2D eigenvalue weighted by atomic mass is 10.3. The lowest BCUT2D eigenvalue weighted by Crippen LogP contribution is -2.20. The molecule has 0 amide bonds. The van der Waals surface area contributed by atoms with Gasteiger partial charge < -0.3 is 10.1 Å². The molecule has 18 heavy (non-hydrogen) atoms. The fourth-order valence-corrected chi connectivity index (χ4v) is 1.40. The number of benzene rings is 1. The van der Waals surface area contributed by atoms with E-state index in [0.29, 0.717) is 6.54 Å². The first kappa shape index (κ1) is 14.2. The third kappa shape index (κ3) is 4.55. The van der Waals surface area contributed by atoms with Gasteiger partial charge in [0.15, 0.2) is 5.75 Å². The van der Waals surface area contributed by atoms with Crippen LogP contribution in [0.2, 0.25) is 0 Å². The number of nitro groups is 1. The van der Waals surface area contributed by atoms with Crippen molar-refractivity contribution in [1.29, 1.82) is 0 Å². The van der Waals surface area contributed by atoms with Gasteiger partial charge in [-0.3, -0.25) is 10.1 Å². The highest BCUT2D eigenvalue weighted by atomic mass is 16.6. The molecule has 0 bridgehead atoms. The van der Waals surface area contributed by atoms with Gasteiger partial charge in [-0.1, -0.05) is 25.6 Å². The molecule has 0 radical (unpaired) electrons. The summed E-state index contributed by atoms with van der Waals surface area (Å²) in [7, 11) is 0. The molecule has 0 aliphatic carbocycles. The Balaban J connectivity index is 2.48. The summed E-state index contributed by atoms with van der Waals surface area (Å²) in [6, 6.07) is 6.33. The van der Waals surface area contributed by atoms with E-state index in [0.717, 1.165) is 18.5 Å². The molecule has 0 heterocycles. The van der Waals surface area contributed by atoms with Crippen molar-refractivity contribution in [2.75, 3.05) is 19.7 Å². The van der Waals surface area contributed by atoms with E-state index in [9.17, 15) is 10.1 Å². The van der Waals surface area contributed by atoms with Gasteiger partial charge in [0.2, 0.25) is 0 Å². The van der Waals surface area contributed by atoms with Crippen molar-refractivity contribution in [2.24, 2.45) is 0 Å². The average molecular weight is 250 g/mol. The van der Waals surface area contributed by atoms with Gasteiger partial charge in [0, 0.05) is 12.6 Å². The number of nitro benzene ring substituents is 1. The number of rotatable bonds is 8. The smallest absolute Gasteiger partial charge is 0.310 e. The maximum Gasteiger partial charge on any atom is 0.310 e. The standard InChI is InChI=1S/C13H18N2O3/c1-3-8-14-9-11(2)10-18-13-7-5-4-6-12(13)15(16)17/h4-7,14H,2-3,8-10H2,1H3. The van der Waals surface area contributed by atoms with Crippen LogP contribution in [-0.2, 0) is 0 Å². The predicted octanol–water partition coefficient (Wildman–Crippen LogP) is 2.53. The molecule has 0 atom stereocenters. The maximum atomic E-state index is 10.8. The molecule has 98 valence electrons. The van der Waals surface area contributed by atoms with Gasteiger partial charge >= 0.3 is 5.69 Å². The molecular weight excluding hydrogens is 232 g/mol. The largest absolute Gasteiger partial charge is 0.482 e. The summed E-state index contributed by atoms with van der Waals surface area (Å²) >= 11 is 0. The van der Waals surface area contributed by atoms with E-state index < -0.39 is 4.92 Å². The first-order valence-electron chi connectivity index (χ1n) is 5.88. The van der Waals surface area contributed by atoms with E-state index in [1.54, 1.807) is 18.2 Å². The van der Waals surface area contributed by atoms with E-state index in [1.165, 1.54) is 6.07 Å². The minimum Gasteiger partial charge on any atom is -0.482 e. The van der Waals surface area contributed by atoms with Crippen LogP contribution in [0.15, 0.2) is 36.4 Å². The van der Waals surface area contributed by atoms with Crippen LogP contribution < -0.4 is 10.1 Å². The molecule has 0 fully saturated rings. The van der Waals surface area contributed by atoms with Crippen LogP contribution in [0.5, 0.6) is 5.75 Å². The molecule has 0 spiro atoms. The average Bonchev–Trinajstić information content (AvgIpc) is 2.37. The number of para-hydroxylation sites is 2. The fraction of sp³-hybridized carbons (Fsp3) is 0.385. The molecule has 1 aromatic rings. The molecule has 5 nitrogen and oxygen atoms in total. The maximum absolute atomic E-state index is 10.8. The second-order valence-corrected chi connectivity index (χ2v) is 3.94. The van der Waals surface area contributed by atoms with E-state index in [2.05, 4.69) is 18.8 Å². The van der Waals surface area contributed by atoms with Crippen LogP contribution in [-0.4, -0.2) is 24.6 Å². The number of hydrogen-bond acceptors (Lipinski definition) is 4. The molecule has 0 aliphatic rings. The molecule has 1 rings (SSSR count).